The minimum Gasteiger partial charge on any atom is -0.379 e. The second-order valence-corrected chi connectivity index (χ2v) is 3.39. The maximum absolute atomic E-state index is 8.90. The molecule has 2 nitrogen and oxygen atoms in total. The maximum Gasteiger partial charge on any atom is 0.104 e. The second kappa shape index (κ2) is 2.80. The highest BCUT2D eigenvalue weighted by atomic mass is 79.9. The van der Waals surface area contributed by atoms with Gasteiger partial charge < -0.3 is 5.11 Å². The van der Waals surface area contributed by atoms with E-state index in [1.54, 1.807) is 0 Å². The largest absolute Gasteiger partial charge is 0.379 e. The Hall–Kier alpha value is 0.400. The topological polar surface area (TPSA) is 32.3 Å². The molecule has 0 spiro atoms. The first-order valence-electron chi connectivity index (χ1n) is 2.84. The van der Waals surface area contributed by atoms with Crippen molar-refractivity contribution in [2.75, 3.05) is 6.54 Å². The number of rotatable bonds is 0. The van der Waals surface area contributed by atoms with Crippen LogP contribution in [-0.2, 0) is 0 Å². The summed E-state index contributed by atoms with van der Waals surface area (Å²) in [6.07, 6.45) is 1.69. The molecule has 1 fully saturated rings. The standard InChI is InChI=1S/C5H10BrNO/c6-4-1-2-5(8)7-3-4/h4-5,7-8H,1-3H2. The summed E-state index contributed by atoms with van der Waals surface area (Å²) < 4.78 is 0. The summed E-state index contributed by atoms with van der Waals surface area (Å²) in [6, 6.07) is 0. The highest BCUT2D eigenvalue weighted by Gasteiger charge is 2.14. The lowest BCUT2D eigenvalue weighted by molar-refractivity contribution is 0.110. The lowest BCUT2D eigenvalue weighted by atomic mass is 10.1. The number of halogens is 1. The van der Waals surface area contributed by atoms with Crippen molar-refractivity contribution in [3.8, 4) is 0 Å². The van der Waals surface area contributed by atoms with Gasteiger partial charge in [0.2, 0.25) is 0 Å². The third-order valence-corrected chi connectivity index (χ3v) is 2.11. The molecule has 0 radical (unpaired) electrons. The molecule has 0 amide bonds. The zero-order valence-corrected chi connectivity index (χ0v) is 6.19. The van der Waals surface area contributed by atoms with Crippen molar-refractivity contribution in [3.63, 3.8) is 0 Å². The van der Waals surface area contributed by atoms with Crippen LogP contribution in [0.25, 0.3) is 0 Å². The van der Waals surface area contributed by atoms with E-state index in [2.05, 4.69) is 21.2 Å². The fourth-order valence-corrected chi connectivity index (χ4v) is 1.26. The van der Waals surface area contributed by atoms with E-state index >= 15 is 0 Å². The normalized spacial score (nSPS) is 39.8. The van der Waals surface area contributed by atoms with Crippen molar-refractivity contribution in [2.45, 2.75) is 23.9 Å². The van der Waals surface area contributed by atoms with E-state index < -0.39 is 0 Å². The van der Waals surface area contributed by atoms with Crippen LogP contribution in [0, 0.1) is 0 Å². The molecule has 1 aliphatic heterocycles. The fraction of sp³-hybridized carbons (Fsp3) is 1.00. The molecule has 1 rings (SSSR count). The van der Waals surface area contributed by atoms with Crippen LogP contribution >= 0.6 is 15.9 Å². The van der Waals surface area contributed by atoms with Gasteiger partial charge in [-0.05, 0) is 12.8 Å². The Kier molecular flexibility index (Phi) is 2.28. The number of aliphatic hydroxyl groups excluding tert-OH is 1. The van der Waals surface area contributed by atoms with Crippen molar-refractivity contribution in [1.29, 1.82) is 0 Å². The minimum absolute atomic E-state index is 0.260. The van der Waals surface area contributed by atoms with Crippen molar-refractivity contribution >= 4 is 15.9 Å². The second-order valence-electron chi connectivity index (χ2n) is 2.10. The highest BCUT2D eigenvalue weighted by molar-refractivity contribution is 9.09. The van der Waals surface area contributed by atoms with Crippen LogP contribution in [-0.4, -0.2) is 22.7 Å². The van der Waals surface area contributed by atoms with Gasteiger partial charge in [-0.25, -0.2) is 0 Å². The van der Waals surface area contributed by atoms with Crippen LogP contribution in [0.3, 0.4) is 0 Å². The fourth-order valence-electron chi connectivity index (χ4n) is 0.807. The molecule has 1 heterocycles. The van der Waals surface area contributed by atoms with Crippen molar-refractivity contribution < 1.29 is 5.11 Å². The van der Waals surface area contributed by atoms with E-state index in [0.717, 1.165) is 19.4 Å². The molecule has 8 heavy (non-hydrogen) atoms. The third kappa shape index (κ3) is 1.73. The Morgan fingerprint density at radius 2 is 2.25 bits per heavy atom. The SMILES string of the molecule is OC1CCC(Br)CN1. The average Bonchev–Trinajstić information content (AvgIpc) is 1.77. The molecule has 0 bridgehead atoms. The Morgan fingerprint density at radius 3 is 2.62 bits per heavy atom. The summed E-state index contributed by atoms with van der Waals surface area (Å²) in [5, 5.41) is 11.8. The first-order chi connectivity index (χ1) is 3.79. The van der Waals surface area contributed by atoms with E-state index in [1.807, 2.05) is 0 Å². The van der Waals surface area contributed by atoms with Crippen LogP contribution in [0.5, 0.6) is 0 Å². The molecule has 0 aliphatic carbocycles. The zero-order chi connectivity index (χ0) is 5.98. The van der Waals surface area contributed by atoms with Gasteiger partial charge in [0, 0.05) is 11.4 Å². The molecule has 0 saturated carbocycles. The zero-order valence-electron chi connectivity index (χ0n) is 4.60. The number of hydrogen-bond acceptors (Lipinski definition) is 2. The van der Waals surface area contributed by atoms with E-state index in [4.69, 9.17) is 5.11 Å². The van der Waals surface area contributed by atoms with Gasteiger partial charge in [-0.1, -0.05) is 15.9 Å². The van der Waals surface area contributed by atoms with Crippen LogP contribution in [0.2, 0.25) is 0 Å². The molecule has 2 unspecified atom stereocenters. The van der Waals surface area contributed by atoms with Gasteiger partial charge in [0.15, 0.2) is 0 Å². The van der Waals surface area contributed by atoms with Crippen molar-refractivity contribution in [1.82, 2.24) is 5.32 Å². The molecular formula is C5H10BrNO. The molecule has 0 aromatic rings. The molecule has 1 aliphatic rings. The summed E-state index contributed by atoms with van der Waals surface area (Å²) in [5.41, 5.74) is 0. The Balaban J connectivity index is 2.19. The summed E-state index contributed by atoms with van der Waals surface area (Å²) in [5.74, 6) is 0. The molecule has 2 atom stereocenters. The number of alkyl halides is 1. The Labute approximate surface area is 57.4 Å². The number of aliphatic hydroxyl groups is 1. The lowest BCUT2D eigenvalue weighted by Crippen LogP contribution is -2.38. The van der Waals surface area contributed by atoms with Crippen LogP contribution in [0.1, 0.15) is 12.8 Å². The smallest absolute Gasteiger partial charge is 0.104 e. The van der Waals surface area contributed by atoms with Gasteiger partial charge in [0.05, 0.1) is 0 Å². The van der Waals surface area contributed by atoms with Gasteiger partial charge in [0.25, 0.3) is 0 Å². The van der Waals surface area contributed by atoms with E-state index in [1.165, 1.54) is 0 Å². The summed E-state index contributed by atoms with van der Waals surface area (Å²) in [6.45, 7) is 0.890. The van der Waals surface area contributed by atoms with E-state index in [0.29, 0.717) is 4.83 Å². The predicted octanol–water partition coefficient (Wildman–Crippen LogP) is 0.452. The highest BCUT2D eigenvalue weighted by Crippen LogP contribution is 2.12. The van der Waals surface area contributed by atoms with E-state index in [9.17, 15) is 0 Å². The summed E-state index contributed by atoms with van der Waals surface area (Å²) in [4.78, 5) is 0.561. The number of nitrogens with one attached hydrogen (secondary N) is 1. The van der Waals surface area contributed by atoms with Crippen LogP contribution in [0.4, 0.5) is 0 Å². The van der Waals surface area contributed by atoms with Crippen LogP contribution in [0.15, 0.2) is 0 Å². The van der Waals surface area contributed by atoms with Gasteiger partial charge in [-0.3, -0.25) is 5.32 Å². The molecule has 0 aromatic heterocycles. The Morgan fingerprint density at radius 1 is 1.50 bits per heavy atom. The molecule has 48 valence electrons. The Bertz CT molecular complexity index is 60.8. The van der Waals surface area contributed by atoms with Gasteiger partial charge >= 0.3 is 0 Å². The van der Waals surface area contributed by atoms with Crippen LogP contribution < -0.4 is 5.32 Å². The minimum atomic E-state index is -0.260. The quantitative estimate of drug-likeness (QED) is 0.530. The summed E-state index contributed by atoms with van der Waals surface area (Å²) >= 11 is 3.44. The van der Waals surface area contributed by atoms with E-state index in [-0.39, 0.29) is 6.23 Å². The molecular weight excluding hydrogens is 170 g/mol. The van der Waals surface area contributed by atoms with Gasteiger partial charge in [-0.2, -0.15) is 0 Å². The average molecular weight is 180 g/mol. The molecule has 2 N–H and O–H groups in total. The number of hydrogen-bond donors (Lipinski definition) is 2. The maximum atomic E-state index is 8.90. The number of piperidine rings is 1. The summed E-state index contributed by atoms with van der Waals surface area (Å²) in [7, 11) is 0. The molecule has 3 heteroatoms. The third-order valence-electron chi connectivity index (χ3n) is 1.33. The first-order valence-corrected chi connectivity index (χ1v) is 3.76. The van der Waals surface area contributed by atoms with Gasteiger partial charge in [-0.15, -0.1) is 0 Å². The molecule has 1 saturated heterocycles. The van der Waals surface area contributed by atoms with Gasteiger partial charge in [0.1, 0.15) is 6.23 Å². The monoisotopic (exact) mass is 179 g/mol. The lowest BCUT2D eigenvalue weighted by Gasteiger charge is -2.22. The van der Waals surface area contributed by atoms with Crippen molar-refractivity contribution in [2.24, 2.45) is 0 Å². The van der Waals surface area contributed by atoms with Crippen molar-refractivity contribution in [3.05, 3.63) is 0 Å². The molecule has 0 aromatic carbocycles. The predicted molar refractivity (Wildman–Crippen MR) is 36.0 cm³/mol. The first kappa shape index (κ1) is 6.52.